The number of benzene rings is 2. The summed E-state index contributed by atoms with van der Waals surface area (Å²) in [5.41, 5.74) is 0.556. The first-order valence-electron chi connectivity index (χ1n) is 8.94. The Morgan fingerprint density at radius 3 is 2.81 bits per heavy atom. The fourth-order valence-electron chi connectivity index (χ4n) is 3.78. The number of likely N-dealkylation sites (tertiary alicyclic amines) is 1. The van der Waals surface area contributed by atoms with E-state index in [2.05, 4.69) is 0 Å². The maximum absolute atomic E-state index is 13.0. The minimum absolute atomic E-state index is 0.0795. The van der Waals surface area contributed by atoms with Crippen molar-refractivity contribution in [1.29, 1.82) is 0 Å². The number of amides is 1. The summed E-state index contributed by atoms with van der Waals surface area (Å²) in [5.74, 6) is 1.20. The van der Waals surface area contributed by atoms with Crippen molar-refractivity contribution < 1.29 is 19.1 Å². The lowest BCUT2D eigenvalue weighted by Crippen LogP contribution is -2.45. The number of ketones is 1. The number of hydrogen-bond donors (Lipinski definition) is 0. The molecule has 0 bridgehead atoms. The Bertz CT molecular complexity index is 863. The molecule has 1 spiro atoms. The van der Waals surface area contributed by atoms with Gasteiger partial charge in [0.05, 0.1) is 30.7 Å². The quantitative estimate of drug-likeness (QED) is 0.851. The Labute approximate surface area is 152 Å². The highest BCUT2D eigenvalue weighted by molar-refractivity contribution is 6.01. The third-order valence-corrected chi connectivity index (χ3v) is 5.02. The zero-order valence-corrected chi connectivity index (χ0v) is 14.7. The summed E-state index contributed by atoms with van der Waals surface area (Å²) in [7, 11) is 0. The summed E-state index contributed by atoms with van der Waals surface area (Å²) in [6.45, 7) is 3.37. The van der Waals surface area contributed by atoms with Crippen LogP contribution >= 0.6 is 0 Å². The number of ether oxygens (including phenoxy) is 2. The highest BCUT2D eigenvalue weighted by atomic mass is 16.5. The van der Waals surface area contributed by atoms with Crippen molar-refractivity contribution >= 4 is 11.7 Å². The Morgan fingerprint density at radius 2 is 1.96 bits per heavy atom. The molecule has 1 atom stereocenters. The number of rotatable bonds is 3. The second kappa shape index (κ2) is 6.48. The van der Waals surface area contributed by atoms with E-state index < -0.39 is 5.60 Å². The molecule has 26 heavy (non-hydrogen) atoms. The molecule has 1 unspecified atom stereocenters. The molecule has 5 nitrogen and oxygen atoms in total. The van der Waals surface area contributed by atoms with Crippen molar-refractivity contribution in [2.24, 2.45) is 0 Å². The fraction of sp³-hybridized carbons (Fsp3) is 0.333. The summed E-state index contributed by atoms with van der Waals surface area (Å²) < 4.78 is 11.8. The molecular weight excluding hydrogens is 330 g/mol. The lowest BCUT2D eigenvalue weighted by Gasteiger charge is -2.34. The number of hydrogen-bond acceptors (Lipinski definition) is 4. The molecule has 0 radical (unpaired) electrons. The van der Waals surface area contributed by atoms with Crippen LogP contribution in [0.25, 0.3) is 0 Å². The monoisotopic (exact) mass is 351 g/mol. The maximum Gasteiger partial charge on any atom is 0.257 e. The van der Waals surface area contributed by atoms with Crippen molar-refractivity contribution in [1.82, 2.24) is 4.90 Å². The second-order valence-electron chi connectivity index (χ2n) is 6.79. The highest BCUT2D eigenvalue weighted by Crippen LogP contribution is 2.39. The Morgan fingerprint density at radius 1 is 1.19 bits per heavy atom. The van der Waals surface area contributed by atoms with Crippen molar-refractivity contribution in [3.05, 3.63) is 59.7 Å². The molecule has 5 heteroatoms. The topological polar surface area (TPSA) is 55.8 Å². The lowest BCUT2D eigenvalue weighted by atomic mass is 9.89. The van der Waals surface area contributed by atoms with Crippen molar-refractivity contribution in [2.75, 3.05) is 19.7 Å². The predicted octanol–water partition coefficient (Wildman–Crippen LogP) is 3.34. The normalized spacial score (nSPS) is 21.4. The van der Waals surface area contributed by atoms with E-state index in [-0.39, 0.29) is 11.7 Å². The van der Waals surface area contributed by atoms with Crippen LogP contribution in [0.2, 0.25) is 0 Å². The molecule has 0 saturated carbocycles. The van der Waals surface area contributed by atoms with E-state index in [0.717, 1.165) is 0 Å². The second-order valence-corrected chi connectivity index (χ2v) is 6.79. The van der Waals surface area contributed by atoms with Gasteiger partial charge in [-0.25, -0.2) is 0 Å². The lowest BCUT2D eigenvalue weighted by molar-refractivity contribution is 0.0427. The van der Waals surface area contributed by atoms with Gasteiger partial charge in [-0.3, -0.25) is 9.59 Å². The summed E-state index contributed by atoms with van der Waals surface area (Å²) in [5, 5.41) is 0. The van der Waals surface area contributed by atoms with Gasteiger partial charge < -0.3 is 14.4 Å². The molecule has 2 aromatic rings. The number of para-hydroxylation sites is 2. The molecule has 2 aromatic carbocycles. The van der Waals surface area contributed by atoms with Crippen molar-refractivity contribution in [3.8, 4) is 11.5 Å². The molecule has 0 aliphatic carbocycles. The van der Waals surface area contributed by atoms with E-state index >= 15 is 0 Å². The smallest absolute Gasteiger partial charge is 0.257 e. The first-order chi connectivity index (χ1) is 12.6. The minimum Gasteiger partial charge on any atom is -0.493 e. The zero-order chi connectivity index (χ0) is 18.1. The van der Waals surface area contributed by atoms with Crippen molar-refractivity contribution in [3.63, 3.8) is 0 Å². The third kappa shape index (κ3) is 2.83. The number of nitrogens with zero attached hydrogens (tertiary/aromatic N) is 1. The molecule has 1 saturated heterocycles. The zero-order valence-electron chi connectivity index (χ0n) is 14.7. The van der Waals surface area contributed by atoms with Gasteiger partial charge >= 0.3 is 0 Å². The summed E-state index contributed by atoms with van der Waals surface area (Å²) in [4.78, 5) is 27.3. The Balaban J connectivity index is 1.56. The molecule has 2 heterocycles. The summed E-state index contributed by atoms with van der Waals surface area (Å²) in [6, 6.07) is 14.6. The highest BCUT2D eigenvalue weighted by Gasteiger charge is 2.47. The first kappa shape index (κ1) is 16.6. The van der Waals surface area contributed by atoms with Crippen LogP contribution in [0.15, 0.2) is 48.5 Å². The van der Waals surface area contributed by atoms with Crippen molar-refractivity contribution in [2.45, 2.75) is 25.4 Å². The summed E-state index contributed by atoms with van der Waals surface area (Å²) in [6.07, 6.45) is 0.955. The van der Waals surface area contributed by atoms with Crippen LogP contribution in [0.5, 0.6) is 11.5 Å². The van der Waals surface area contributed by atoms with Gasteiger partial charge in [0, 0.05) is 13.0 Å². The Kier molecular flexibility index (Phi) is 4.15. The van der Waals surface area contributed by atoms with E-state index in [9.17, 15) is 9.59 Å². The van der Waals surface area contributed by atoms with Gasteiger partial charge in [0.2, 0.25) is 0 Å². The standard InChI is InChI=1S/C21H21NO4/c1-2-25-18-9-5-4-8-16(18)20(24)22-12-11-21(14-22)13-17(23)15-7-3-6-10-19(15)26-21/h3-10H,2,11-14H2,1H3. The SMILES string of the molecule is CCOc1ccccc1C(=O)N1CCC2(CC(=O)c3ccccc3O2)C1. The van der Waals surface area contributed by atoms with Crippen LogP contribution in [-0.2, 0) is 0 Å². The van der Waals surface area contributed by atoms with Crippen LogP contribution in [-0.4, -0.2) is 41.9 Å². The molecule has 2 aliphatic rings. The molecule has 0 N–H and O–H groups in total. The van der Waals surface area contributed by atoms with Crippen LogP contribution in [0.3, 0.4) is 0 Å². The van der Waals surface area contributed by atoms with Crippen LogP contribution < -0.4 is 9.47 Å². The average molecular weight is 351 g/mol. The fourth-order valence-corrected chi connectivity index (χ4v) is 3.78. The van der Waals surface area contributed by atoms with Crippen LogP contribution in [0, 0.1) is 0 Å². The molecule has 134 valence electrons. The third-order valence-electron chi connectivity index (χ3n) is 5.02. The molecular formula is C21H21NO4. The molecule has 1 fully saturated rings. The average Bonchev–Trinajstić information content (AvgIpc) is 3.05. The van der Waals surface area contributed by atoms with E-state index in [1.807, 2.05) is 37.3 Å². The van der Waals surface area contributed by atoms with Gasteiger partial charge in [0.1, 0.15) is 17.1 Å². The van der Waals surface area contributed by atoms with Crippen LogP contribution in [0.4, 0.5) is 0 Å². The van der Waals surface area contributed by atoms with Gasteiger partial charge in [-0.15, -0.1) is 0 Å². The van der Waals surface area contributed by atoms with E-state index in [4.69, 9.17) is 9.47 Å². The number of carbonyl (C=O) groups excluding carboxylic acids is 2. The molecule has 1 amide bonds. The predicted molar refractivity (Wildman–Crippen MR) is 96.9 cm³/mol. The van der Waals surface area contributed by atoms with E-state index in [1.165, 1.54) is 0 Å². The maximum atomic E-state index is 13.0. The van der Waals surface area contributed by atoms with Gasteiger partial charge in [-0.05, 0) is 31.2 Å². The number of Topliss-reactive ketones (excluding diaryl/α,β-unsaturated/α-hetero) is 1. The van der Waals surface area contributed by atoms with Gasteiger partial charge in [0.15, 0.2) is 5.78 Å². The van der Waals surface area contributed by atoms with Gasteiger partial charge in [-0.1, -0.05) is 24.3 Å². The number of fused-ring (bicyclic) bond motifs is 1. The van der Waals surface area contributed by atoms with Gasteiger partial charge in [0.25, 0.3) is 5.91 Å². The number of carbonyl (C=O) groups is 2. The first-order valence-corrected chi connectivity index (χ1v) is 8.94. The molecule has 4 rings (SSSR count). The van der Waals surface area contributed by atoms with Crippen LogP contribution in [0.1, 0.15) is 40.5 Å². The largest absolute Gasteiger partial charge is 0.493 e. The summed E-state index contributed by atoms with van der Waals surface area (Å²) >= 11 is 0. The minimum atomic E-state index is -0.623. The van der Waals surface area contributed by atoms with E-state index in [0.29, 0.717) is 55.2 Å². The van der Waals surface area contributed by atoms with Gasteiger partial charge in [-0.2, -0.15) is 0 Å². The molecule has 0 aromatic heterocycles. The molecule has 2 aliphatic heterocycles. The Hall–Kier alpha value is -2.82. The van der Waals surface area contributed by atoms with E-state index in [1.54, 1.807) is 23.1 Å².